The average Bonchev–Trinajstić information content (AvgIpc) is 2.12. The van der Waals surface area contributed by atoms with Crippen LogP contribution in [0, 0.1) is 0 Å². The van der Waals surface area contributed by atoms with Crippen LogP contribution in [0.1, 0.15) is 6.42 Å². The minimum Gasteiger partial charge on any atom is -0.478 e. The molecule has 0 unspecified atom stereocenters. The van der Waals surface area contributed by atoms with Crippen molar-refractivity contribution in [2.24, 2.45) is 0 Å². The van der Waals surface area contributed by atoms with Gasteiger partial charge >= 0.3 is 24.2 Å². The van der Waals surface area contributed by atoms with Gasteiger partial charge in [0, 0.05) is 0 Å². The maximum Gasteiger partial charge on any atom is 0.369 e. The maximum atomic E-state index is 12.6. The van der Waals surface area contributed by atoms with Gasteiger partial charge in [-0.1, -0.05) is 0 Å². The van der Waals surface area contributed by atoms with Crippen molar-refractivity contribution in [2.75, 3.05) is 0 Å². The molecule has 0 aromatic heterocycles. The van der Waals surface area contributed by atoms with Crippen molar-refractivity contribution in [2.45, 2.75) is 24.7 Å². The van der Waals surface area contributed by atoms with Crippen LogP contribution in [0.5, 0.6) is 0 Å². The molecule has 0 rings (SSSR count). The number of carboxylic acid groups (broad SMARTS) is 1. The van der Waals surface area contributed by atoms with E-state index in [1.54, 1.807) is 0 Å². The molecule has 0 aliphatic heterocycles. The van der Waals surface area contributed by atoms with Crippen LogP contribution in [0.2, 0.25) is 0 Å². The number of carbonyl (C=O) groups is 1. The van der Waals surface area contributed by atoms with Gasteiger partial charge in [-0.15, -0.1) is 0 Å². The van der Waals surface area contributed by atoms with E-state index in [-0.39, 0.29) is 0 Å². The van der Waals surface area contributed by atoms with E-state index < -0.39 is 42.3 Å². The summed E-state index contributed by atoms with van der Waals surface area (Å²) in [5.41, 5.74) is -2.34. The van der Waals surface area contributed by atoms with E-state index in [2.05, 4.69) is 0 Å². The number of carboxylic acids is 1. The van der Waals surface area contributed by atoms with E-state index in [4.69, 9.17) is 5.11 Å². The maximum absolute atomic E-state index is 12.6. The van der Waals surface area contributed by atoms with E-state index in [1.807, 2.05) is 0 Å². The third-order valence-corrected chi connectivity index (χ3v) is 1.65. The molecular formula is C7H4F8O2. The summed E-state index contributed by atoms with van der Waals surface area (Å²) in [5, 5.41) is 8.01. The lowest BCUT2D eigenvalue weighted by Gasteiger charge is -2.25. The number of alkyl halides is 6. The summed E-state index contributed by atoms with van der Waals surface area (Å²) in [5.74, 6) is -14.1. The minimum absolute atomic E-state index is 2.34. The van der Waals surface area contributed by atoms with Crippen molar-refractivity contribution < 1.29 is 45.0 Å². The minimum atomic E-state index is -5.90. The highest BCUT2D eigenvalue weighted by molar-refractivity contribution is 5.86. The Bertz CT molecular complexity index is 331. The predicted molar refractivity (Wildman–Crippen MR) is 37.4 cm³/mol. The second-order valence-corrected chi connectivity index (χ2v) is 2.85. The quantitative estimate of drug-likeness (QED) is 0.616. The lowest BCUT2D eigenvalue weighted by atomic mass is 10.0. The zero-order valence-corrected chi connectivity index (χ0v) is 7.66. The smallest absolute Gasteiger partial charge is 0.369 e. The largest absolute Gasteiger partial charge is 0.478 e. The molecule has 0 aromatic carbocycles. The van der Waals surface area contributed by atoms with Gasteiger partial charge in [-0.2, -0.15) is 26.3 Å². The Morgan fingerprint density at radius 1 is 1.12 bits per heavy atom. The van der Waals surface area contributed by atoms with E-state index in [9.17, 15) is 39.9 Å². The van der Waals surface area contributed by atoms with Crippen LogP contribution < -0.4 is 0 Å². The molecular weight excluding hydrogens is 268 g/mol. The van der Waals surface area contributed by atoms with Gasteiger partial charge < -0.3 is 5.11 Å². The molecule has 10 heteroatoms. The summed E-state index contributed by atoms with van der Waals surface area (Å²) in [6.45, 7) is 0. The molecule has 0 atom stereocenters. The monoisotopic (exact) mass is 272 g/mol. The van der Waals surface area contributed by atoms with E-state index in [1.165, 1.54) is 0 Å². The fourth-order valence-corrected chi connectivity index (χ4v) is 0.723. The fraction of sp³-hybridized carbons (Fsp3) is 0.571. The summed E-state index contributed by atoms with van der Waals surface area (Å²) >= 11 is 0. The zero-order chi connectivity index (χ0) is 14.0. The molecule has 0 aromatic rings. The Balaban J connectivity index is 5.25. The third kappa shape index (κ3) is 3.30. The molecule has 17 heavy (non-hydrogen) atoms. The van der Waals surface area contributed by atoms with E-state index in [0.29, 0.717) is 0 Å². The Labute approximate surface area is 88.5 Å². The van der Waals surface area contributed by atoms with Crippen LogP contribution in [0.15, 0.2) is 11.7 Å². The van der Waals surface area contributed by atoms with Crippen molar-refractivity contribution >= 4 is 5.97 Å². The topological polar surface area (TPSA) is 37.3 Å². The zero-order valence-electron chi connectivity index (χ0n) is 7.66. The molecule has 2 nitrogen and oxygen atoms in total. The standard InChI is InChI=1S/C7H4F8O2/c8-3(9)2(4(16)17)1-6(12,13)7(14,15)5(10)11/h5H,1H2,(H,16,17). The van der Waals surface area contributed by atoms with Gasteiger partial charge in [-0.3, -0.25) is 0 Å². The normalized spacial score (nSPS) is 12.8. The first-order chi connectivity index (χ1) is 7.43. The van der Waals surface area contributed by atoms with Crippen LogP contribution >= 0.6 is 0 Å². The summed E-state index contributed by atoms with van der Waals surface area (Å²) in [6, 6.07) is 0. The average molecular weight is 272 g/mol. The first kappa shape index (κ1) is 15.6. The Morgan fingerprint density at radius 2 is 1.53 bits per heavy atom. The Kier molecular flexibility index (Phi) is 4.49. The van der Waals surface area contributed by atoms with Crippen LogP contribution in [-0.4, -0.2) is 29.3 Å². The van der Waals surface area contributed by atoms with E-state index >= 15 is 0 Å². The first-order valence-corrected chi connectivity index (χ1v) is 3.74. The molecule has 0 saturated heterocycles. The Hall–Kier alpha value is -1.35. The van der Waals surface area contributed by atoms with Gasteiger partial charge in [-0.05, 0) is 0 Å². The molecule has 0 radical (unpaired) electrons. The molecule has 0 aliphatic carbocycles. The highest BCUT2D eigenvalue weighted by Gasteiger charge is 2.63. The highest BCUT2D eigenvalue weighted by atomic mass is 19.3. The Morgan fingerprint density at radius 3 is 1.76 bits per heavy atom. The van der Waals surface area contributed by atoms with Crippen molar-refractivity contribution in [1.29, 1.82) is 0 Å². The van der Waals surface area contributed by atoms with Crippen molar-refractivity contribution in [1.82, 2.24) is 0 Å². The molecule has 100 valence electrons. The van der Waals surface area contributed by atoms with Crippen molar-refractivity contribution in [3.8, 4) is 0 Å². The lowest BCUT2D eigenvalue weighted by molar-refractivity contribution is -0.263. The summed E-state index contributed by atoms with van der Waals surface area (Å²) in [4.78, 5) is 10.0. The molecule has 0 fully saturated rings. The third-order valence-electron chi connectivity index (χ3n) is 1.65. The van der Waals surface area contributed by atoms with Crippen molar-refractivity contribution in [3.05, 3.63) is 11.7 Å². The van der Waals surface area contributed by atoms with E-state index in [0.717, 1.165) is 0 Å². The molecule has 0 spiro atoms. The molecule has 0 aliphatic rings. The van der Waals surface area contributed by atoms with Crippen LogP contribution in [0.25, 0.3) is 0 Å². The first-order valence-electron chi connectivity index (χ1n) is 3.74. The van der Waals surface area contributed by atoms with Crippen LogP contribution in [0.3, 0.4) is 0 Å². The fourth-order valence-electron chi connectivity index (χ4n) is 0.723. The summed E-state index contributed by atoms with van der Waals surface area (Å²) < 4.78 is 96.4. The highest BCUT2D eigenvalue weighted by Crippen LogP contribution is 2.43. The van der Waals surface area contributed by atoms with Gasteiger partial charge in [-0.25, -0.2) is 13.6 Å². The number of aliphatic carboxylic acids is 1. The predicted octanol–water partition coefficient (Wildman–Crippen LogP) is 3.15. The van der Waals surface area contributed by atoms with Gasteiger partial charge in [0.1, 0.15) is 5.57 Å². The number of hydrogen-bond donors (Lipinski definition) is 1. The molecule has 0 amide bonds. The molecule has 0 heterocycles. The number of halogens is 8. The number of hydrogen-bond acceptors (Lipinski definition) is 1. The van der Waals surface area contributed by atoms with Gasteiger partial charge in [0.05, 0.1) is 6.42 Å². The number of rotatable bonds is 5. The lowest BCUT2D eigenvalue weighted by Crippen LogP contribution is -2.47. The van der Waals surface area contributed by atoms with Crippen LogP contribution in [0.4, 0.5) is 35.1 Å². The SMILES string of the molecule is O=C(O)C(CC(F)(F)C(F)(F)C(F)F)=C(F)F. The van der Waals surface area contributed by atoms with Crippen molar-refractivity contribution in [3.63, 3.8) is 0 Å². The molecule has 1 N–H and O–H groups in total. The molecule has 0 bridgehead atoms. The second-order valence-electron chi connectivity index (χ2n) is 2.85. The second kappa shape index (κ2) is 4.88. The van der Waals surface area contributed by atoms with Gasteiger partial charge in [0.25, 0.3) is 6.08 Å². The summed E-state index contributed by atoms with van der Waals surface area (Å²) in [7, 11) is 0. The van der Waals surface area contributed by atoms with Crippen LogP contribution in [-0.2, 0) is 4.79 Å². The van der Waals surface area contributed by atoms with Gasteiger partial charge in [0.2, 0.25) is 0 Å². The van der Waals surface area contributed by atoms with Gasteiger partial charge in [0.15, 0.2) is 0 Å². The molecule has 0 saturated carbocycles. The summed E-state index contributed by atoms with van der Waals surface area (Å²) in [6.07, 6.45) is -10.7.